The molecular formula is C12H12F4O3. The third kappa shape index (κ3) is 5.25. The first kappa shape index (κ1) is 15.4. The van der Waals surface area contributed by atoms with Crippen molar-refractivity contribution in [3.8, 4) is 0 Å². The Bertz CT molecular complexity index is 431. The summed E-state index contributed by atoms with van der Waals surface area (Å²) in [5.41, 5.74) is -0.0643. The molecule has 0 bridgehead atoms. The number of ether oxygens (including phenoxy) is 1. The highest BCUT2D eigenvalue weighted by Crippen LogP contribution is 2.23. The van der Waals surface area contributed by atoms with Gasteiger partial charge in [-0.1, -0.05) is 18.2 Å². The highest BCUT2D eigenvalue weighted by molar-refractivity contribution is 5.76. The van der Waals surface area contributed by atoms with Crippen LogP contribution in [0.1, 0.15) is 17.9 Å². The summed E-state index contributed by atoms with van der Waals surface area (Å²) < 4.78 is 53.2. The number of carboxylic acids is 1. The van der Waals surface area contributed by atoms with Crippen LogP contribution in [0.15, 0.2) is 24.3 Å². The van der Waals surface area contributed by atoms with Crippen LogP contribution in [0.4, 0.5) is 17.6 Å². The molecule has 0 saturated carbocycles. The number of rotatable bonds is 6. The monoisotopic (exact) mass is 280 g/mol. The number of halogens is 4. The Morgan fingerprint density at radius 2 is 1.95 bits per heavy atom. The minimum absolute atomic E-state index is 0.0643. The van der Waals surface area contributed by atoms with Crippen molar-refractivity contribution in [1.29, 1.82) is 0 Å². The van der Waals surface area contributed by atoms with E-state index in [0.29, 0.717) is 0 Å². The molecule has 0 aliphatic rings. The topological polar surface area (TPSA) is 46.5 Å². The zero-order chi connectivity index (χ0) is 14.5. The number of aliphatic carboxylic acids is 1. The van der Waals surface area contributed by atoms with Gasteiger partial charge in [-0.05, 0) is 12.5 Å². The Morgan fingerprint density at radius 3 is 2.47 bits per heavy atom. The molecule has 7 heteroatoms. The van der Waals surface area contributed by atoms with Crippen molar-refractivity contribution in [3.05, 3.63) is 35.6 Å². The van der Waals surface area contributed by atoms with Crippen molar-refractivity contribution >= 4 is 5.97 Å². The van der Waals surface area contributed by atoms with Gasteiger partial charge >= 0.3 is 12.1 Å². The van der Waals surface area contributed by atoms with E-state index in [9.17, 15) is 22.4 Å². The van der Waals surface area contributed by atoms with Crippen LogP contribution < -0.4 is 0 Å². The van der Waals surface area contributed by atoms with Crippen LogP contribution in [-0.4, -0.2) is 30.5 Å². The molecule has 0 fully saturated rings. The largest absolute Gasteiger partial charge is 0.481 e. The minimum Gasteiger partial charge on any atom is -0.481 e. The van der Waals surface area contributed by atoms with Crippen LogP contribution in [0.5, 0.6) is 0 Å². The first-order valence-electron chi connectivity index (χ1n) is 5.43. The Kier molecular flexibility index (Phi) is 5.29. The Labute approximate surface area is 106 Å². The summed E-state index contributed by atoms with van der Waals surface area (Å²) in [5, 5.41) is 8.97. The van der Waals surface area contributed by atoms with Crippen LogP contribution in [0.2, 0.25) is 0 Å². The van der Waals surface area contributed by atoms with Gasteiger partial charge in [0, 0.05) is 12.2 Å². The molecule has 0 heterocycles. The first-order valence-corrected chi connectivity index (χ1v) is 5.43. The molecule has 19 heavy (non-hydrogen) atoms. The van der Waals surface area contributed by atoms with Gasteiger partial charge in [0.25, 0.3) is 0 Å². The van der Waals surface area contributed by atoms with Crippen LogP contribution >= 0.6 is 0 Å². The van der Waals surface area contributed by atoms with E-state index in [-0.39, 0.29) is 12.0 Å². The van der Waals surface area contributed by atoms with Crippen molar-refractivity contribution in [1.82, 2.24) is 0 Å². The number of hydrogen-bond donors (Lipinski definition) is 1. The molecule has 1 aromatic carbocycles. The maximum absolute atomic E-state index is 13.4. The molecule has 3 nitrogen and oxygen atoms in total. The zero-order valence-corrected chi connectivity index (χ0v) is 9.78. The van der Waals surface area contributed by atoms with Crippen LogP contribution in [0.3, 0.4) is 0 Å². The van der Waals surface area contributed by atoms with Crippen LogP contribution in [0, 0.1) is 5.82 Å². The number of hydrogen-bond acceptors (Lipinski definition) is 2. The van der Waals surface area contributed by atoms with Crippen molar-refractivity contribution in [2.45, 2.75) is 18.5 Å². The lowest BCUT2D eigenvalue weighted by Crippen LogP contribution is -2.20. The van der Waals surface area contributed by atoms with E-state index in [0.717, 1.165) is 6.07 Å². The number of alkyl halides is 3. The average molecular weight is 280 g/mol. The molecule has 0 radical (unpaired) electrons. The van der Waals surface area contributed by atoms with E-state index in [1.54, 1.807) is 0 Å². The predicted molar refractivity (Wildman–Crippen MR) is 58.3 cm³/mol. The van der Waals surface area contributed by atoms with Gasteiger partial charge in [0.05, 0.1) is 5.92 Å². The van der Waals surface area contributed by atoms with Gasteiger partial charge in [-0.2, -0.15) is 13.2 Å². The van der Waals surface area contributed by atoms with Gasteiger partial charge in [0.15, 0.2) is 0 Å². The summed E-state index contributed by atoms with van der Waals surface area (Å²) in [5.74, 6) is -3.24. The van der Waals surface area contributed by atoms with Crippen molar-refractivity contribution in [2.75, 3.05) is 13.2 Å². The molecule has 1 aromatic rings. The number of carboxylic acid groups (broad SMARTS) is 1. The van der Waals surface area contributed by atoms with E-state index in [1.165, 1.54) is 18.2 Å². The fourth-order valence-electron chi connectivity index (χ4n) is 1.56. The van der Waals surface area contributed by atoms with Crippen molar-refractivity contribution in [3.63, 3.8) is 0 Å². The molecule has 1 unspecified atom stereocenters. The summed E-state index contributed by atoms with van der Waals surface area (Å²) in [4.78, 5) is 11.0. The smallest absolute Gasteiger partial charge is 0.411 e. The van der Waals surface area contributed by atoms with Gasteiger partial charge in [-0.3, -0.25) is 4.79 Å². The highest BCUT2D eigenvalue weighted by atomic mass is 19.4. The maximum Gasteiger partial charge on any atom is 0.411 e. The molecule has 1 rings (SSSR count). The standard InChI is InChI=1S/C12H12F4O3/c13-10-4-2-1-3-8(10)9(11(17)18)5-6-19-7-12(14,15)16/h1-4,9H,5-7H2,(H,17,18). The summed E-state index contributed by atoms with van der Waals surface area (Å²) in [7, 11) is 0. The second-order valence-electron chi connectivity index (χ2n) is 3.87. The lowest BCUT2D eigenvalue weighted by atomic mass is 9.96. The summed E-state index contributed by atoms with van der Waals surface area (Å²) in [6.45, 7) is -1.86. The minimum atomic E-state index is -4.46. The summed E-state index contributed by atoms with van der Waals surface area (Å²) >= 11 is 0. The Morgan fingerprint density at radius 1 is 1.32 bits per heavy atom. The summed E-state index contributed by atoms with van der Waals surface area (Å²) in [6, 6.07) is 5.25. The number of carbonyl (C=O) groups is 1. The second-order valence-corrected chi connectivity index (χ2v) is 3.87. The fourth-order valence-corrected chi connectivity index (χ4v) is 1.56. The Balaban J connectivity index is 2.60. The average Bonchev–Trinajstić information content (AvgIpc) is 2.29. The molecule has 0 saturated heterocycles. The molecule has 1 atom stereocenters. The second kappa shape index (κ2) is 6.51. The normalized spacial score (nSPS) is 13.3. The number of benzene rings is 1. The van der Waals surface area contributed by atoms with Crippen molar-refractivity contribution < 1.29 is 32.2 Å². The quantitative estimate of drug-likeness (QED) is 0.643. The van der Waals surface area contributed by atoms with E-state index in [2.05, 4.69) is 4.74 Å². The van der Waals surface area contributed by atoms with Crippen LogP contribution in [-0.2, 0) is 9.53 Å². The van der Waals surface area contributed by atoms with E-state index < -0.39 is 37.1 Å². The summed E-state index contributed by atoms with van der Waals surface area (Å²) in [6.07, 6.45) is -4.69. The lowest BCUT2D eigenvalue weighted by Gasteiger charge is -2.14. The molecule has 0 aliphatic carbocycles. The maximum atomic E-state index is 13.4. The fraction of sp³-hybridized carbons (Fsp3) is 0.417. The molecule has 106 valence electrons. The third-order valence-corrected chi connectivity index (χ3v) is 2.40. The van der Waals surface area contributed by atoms with Gasteiger partial charge in [0.1, 0.15) is 12.4 Å². The van der Waals surface area contributed by atoms with Crippen molar-refractivity contribution in [2.24, 2.45) is 0 Å². The van der Waals surface area contributed by atoms with E-state index in [1.807, 2.05) is 0 Å². The molecular weight excluding hydrogens is 268 g/mol. The van der Waals surface area contributed by atoms with Gasteiger partial charge < -0.3 is 9.84 Å². The Hall–Kier alpha value is -1.63. The van der Waals surface area contributed by atoms with Crippen LogP contribution in [0.25, 0.3) is 0 Å². The molecule has 0 aromatic heterocycles. The van der Waals surface area contributed by atoms with Gasteiger partial charge in [0.2, 0.25) is 0 Å². The molecule has 0 spiro atoms. The molecule has 1 N–H and O–H groups in total. The molecule has 0 amide bonds. The van der Waals surface area contributed by atoms with Gasteiger partial charge in [-0.25, -0.2) is 4.39 Å². The molecule has 0 aliphatic heterocycles. The lowest BCUT2D eigenvalue weighted by molar-refractivity contribution is -0.174. The van der Waals surface area contributed by atoms with E-state index in [4.69, 9.17) is 5.11 Å². The zero-order valence-electron chi connectivity index (χ0n) is 9.78. The highest BCUT2D eigenvalue weighted by Gasteiger charge is 2.28. The van der Waals surface area contributed by atoms with Gasteiger partial charge in [-0.15, -0.1) is 0 Å². The SMILES string of the molecule is O=C(O)C(CCOCC(F)(F)F)c1ccccc1F. The first-order chi connectivity index (χ1) is 8.81. The van der Waals surface area contributed by atoms with E-state index >= 15 is 0 Å². The predicted octanol–water partition coefficient (Wildman–Crippen LogP) is 2.96. The third-order valence-electron chi connectivity index (χ3n) is 2.40.